The Labute approximate surface area is 192 Å². The Morgan fingerprint density at radius 1 is 1.12 bits per heavy atom. The molecule has 1 aromatic heterocycles. The maximum atomic E-state index is 13.1. The SMILES string of the molecule is COC(=O)c1[nH]c2ccc(Cl)cc2c1NC(=O)C(C)N1CCN(Cc2ccccc2)CC1. The molecule has 2 N–H and O–H groups in total. The number of anilines is 1. The molecule has 4 rings (SSSR count). The minimum atomic E-state index is -0.546. The number of halogens is 1. The van der Waals surface area contributed by atoms with E-state index in [-0.39, 0.29) is 17.6 Å². The third-order valence-corrected chi connectivity index (χ3v) is 6.22. The van der Waals surface area contributed by atoms with Crippen LogP contribution in [0.5, 0.6) is 0 Å². The van der Waals surface area contributed by atoms with Crippen LogP contribution in [0.2, 0.25) is 5.02 Å². The highest BCUT2D eigenvalue weighted by Gasteiger charge is 2.28. The zero-order chi connectivity index (χ0) is 22.7. The summed E-state index contributed by atoms with van der Waals surface area (Å²) in [4.78, 5) is 33.0. The van der Waals surface area contributed by atoms with Gasteiger partial charge in [0.1, 0.15) is 5.69 Å². The Balaban J connectivity index is 1.43. The number of piperazine rings is 1. The molecule has 2 heterocycles. The molecule has 1 amide bonds. The number of nitrogens with one attached hydrogen (secondary N) is 2. The van der Waals surface area contributed by atoms with Gasteiger partial charge >= 0.3 is 5.97 Å². The van der Waals surface area contributed by atoms with E-state index in [0.717, 1.165) is 32.7 Å². The Hall–Kier alpha value is -2.87. The van der Waals surface area contributed by atoms with Gasteiger partial charge in [0.05, 0.1) is 18.8 Å². The molecule has 168 valence electrons. The van der Waals surface area contributed by atoms with Crippen LogP contribution in [-0.2, 0) is 16.1 Å². The van der Waals surface area contributed by atoms with E-state index in [0.29, 0.717) is 21.6 Å². The van der Waals surface area contributed by atoms with Crippen molar-refractivity contribution in [3.63, 3.8) is 0 Å². The van der Waals surface area contributed by atoms with Gasteiger partial charge in [-0.25, -0.2) is 4.79 Å². The summed E-state index contributed by atoms with van der Waals surface area (Å²) >= 11 is 6.15. The van der Waals surface area contributed by atoms with E-state index in [1.807, 2.05) is 13.0 Å². The standard InChI is InChI=1S/C24H27ClN4O3/c1-16(29-12-10-28(11-13-29)15-17-6-4-3-5-7-17)23(30)27-21-19-14-18(25)8-9-20(19)26-22(21)24(31)32-2/h3-9,14,16,26H,10-13,15H2,1-2H3,(H,27,30). The van der Waals surface area contributed by atoms with Crippen LogP contribution >= 0.6 is 11.6 Å². The van der Waals surface area contributed by atoms with Crippen LogP contribution < -0.4 is 5.32 Å². The highest BCUT2D eigenvalue weighted by atomic mass is 35.5. The van der Waals surface area contributed by atoms with Crippen molar-refractivity contribution in [3.8, 4) is 0 Å². The second kappa shape index (κ2) is 9.73. The first-order chi connectivity index (χ1) is 15.5. The van der Waals surface area contributed by atoms with Crippen LogP contribution in [0.4, 0.5) is 5.69 Å². The van der Waals surface area contributed by atoms with E-state index in [1.165, 1.54) is 12.7 Å². The Bertz CT molecular complexity index is 1110. The summed E-state index contributed by atoms with van der Waals surface area (Å²) in [5.74, 6) is -0.720. The summed E-state index contributed by atoms with van der Waals surface area (Å²) in [6, 6.07) is 15.3. The summed E-state index contributed by atoms with van der Waals surface area (Å²) < 4.78 is 4.89. The van der Waals surface area contributed by atoms with Gasteiger partial charge in [0.25, 0.3) is 0 Å². The largest absolute Gasteiger partial charge is 0.464 e. The first-order valence-electron chi connectivity index (χ1n) is 10.7. The quantitative estimate of drug-likeness (QED) is 0.554. The number of nitrogens with zero attached hydrogens (tertiary/aromatic N) is 2. The van der Waals surface area contributed by atoms with Gasteiger partial charge in [0.15, 0.2) is 0 Å². The van der Waals surface area contributed by atoms with Crippen molar-refractivity contribution in [1.82, 2.24) is 14.8 Å². The van der Waals surface area contributed by atoms with Gasteiger partial charge in [0.2, 0.25) is 5.91 Å². The van der Waals surface area contributed by atoms with Crippen molar-refractivity contribution in [1.29, 1.82) is 0 Å². The number of carbonyl (C=O) groups is 2. The topological polar surface area (TPSA) is 77.7 Å². The zero-order valence-electron chi connectivity index (χ0n) is 18.2. The predicted molar refractivity (Wildman–Crippen MR) is 126 cm³/mol. The number of rotatable bonds is 6. The van der Waals surface area contributed by atoms with Gasteiger partial charge in [-0.15, -0.1) is 0 Å². The van der Waals surface area contributed by atoms with Crippen LogP contribution in [0.25, 0.3) is 10.9 Å². The van der Waals surface area contributed by atoms with Gasteiger partial charge in [-0.1, -0.05) is 41.9 Å². The number of benzene rings is 2. The van der Waals surface area contributed by atoms with Crippen LogP contribution in [0.15, 0.2) is 48.5 Å². The maximum absolute atomic E-state index is 13.1. The van der Waals surface area contributed by atoms with Crippen molar-refractivity contribution in [3.05, 3.63) is 64.8 Å². The Kier molecular flexibility index (Phi) is 6.79. The molecule has 2 aromatic carbocycles. The fraction of sp³-hybridized carbons (Fsp3) is 0.333. The monoisotopic (exact) mass is 454 g/mol. The molecule has 7 nitrogen and oxygen atoms in total. The lowest BCUT2D eigenvalue weighted by Crippen LogP contribution is -2.52. The molecule has 1 aliphatic rings. The van der Waals surface area contributed by atoms with Gasteiger partial charge < -0.3 is 15.0 Å². The van der Waals surface area contributed by atoms with Gasteiger partial charge in [-0.05, 0) is 30.7 Å². The number of methoxy groups -OCH3 is 1. The first-order valence-corrected chi connectivity index (χ1v) is 11.0. The highest BCUT2D eigenvalue weighted by Crippen LogP contribution is 2.31. The number of aromatic amines is 1. The van der Waals surface area contributed by atoms with E-state index in [2.05, 4.69) is 44.4 Å². The molecule has 0 radical (unpaired) electrons. The van der Waals surface area contributed by atoms with Gasteiger partial charge in [0, 0.05) is 48.6 Å². The fourth-order valence-electron chi connectivity index (χ4n) is 4.09. The van der Waals surface area contributed by atoms with Crippen molar-refractivity contribution in [2.45, 2.75) is 19.5 Å². The van der Waals surface area contributed by atoms with E-state index in [9.17, 15) is 9.59 Å². The number of amides is 1. The molecule has 1 fully saturated rings. The normalized spacial score (nSPS) is 16.1. The maximum Gasteiger partial charge on any atom is 0.356 e. The molecular formula is C24H27ClN4O3. The predicted octanol–water partition coefficient (Wildman–Crippen LogP) is 3.75. The number of ether oxygens (including phenoxy) is 1. The van der Waals surface area contributed by atoms with Crippen LogP contribution in [0.3, 0.4) is 0 Å². The van der Waals surface area contributed by atoms with Crippen molar-refractivity contribution in [2.24, 2.45) is 0 Å². The summed E-state index contributed by atoms with van der Waals surface area (Å²) in [7, 11) is 1.31. The summed E-state index contributed by atoms with van der Waals surface area (Å²) in [5.41, 5.74) is 2.60. The molecule has 1 atom stereocenters. The fourth-order valence-corrected chi connectivity index (χ4v) is 4.27. The van der Waals surface area contributed by atoms with Gasteiger partial charge in [-0.2, -0.15) is 0 Å². The molecule has 32 heavy (non-hydrogen) atoms. The van der Waals surface area contributed by atoms with E-state index < -0.39 is 5.97 Å². The lowest BCUT2D eigenvalue weighted by atomic mass is 10.1. The Morgan fingerprint density at radius 2 is 1.84 bits per heavy atom. The van der Waals surface area contributed by atoms with Crippen LogP contribution in [-0.4, -0.2) is 66.0 Å². The molecule has 1 aliphatic heterocycles. The number of fused-ring (bicyclic) bond motifs is 1. The van der Waals surface area contributed by atoms with E-state index in [4.69, 9.17) is 16.3 Å². The lowest BCUT2D eigenvalue weighted by Gasteiger charge is -2.37. The smallest absolute Gasteiger partial charge is 0.356 e. The molecule has 3 aromatic rings. The number of H-pyrrole nitrogens is 1. The molecule has 0 spiro atoms. The number of hydrogen-bond acceptors (Lipinski definition) is 5. The summed E-state index contributed by atoms with van der Waals surface area (Å²) in [6.45, 7) is 6.18. The number of aromatic nitrogens is 1. The minimum Gasteiger partial charge on any atom is -0.464 e. The zero-order valence-corrected chi connectivity index (χ0v) is 19.0. The number of hydrogen-bond donors (Lipinski definition) is 2. The van der Waals surface area contributed by atoms with Gasteiger partial charge in [-0.3, -0.25) is 14.6 Å². The third kappa shape index (κ3) is 4.80. The molecule has 8 heteroatoms. The molecular weight excluding hydrogens is 428 g/mol. The first kappa shape index (κ1) is 22.3. The lowest BCUT2D eigenvalue weighted by molar-refractivity contribution is -0.121. The average Bonchev–Trinajstić information content (AvgIpc) is 3.16. The summed E-state index contributed by atoms with van der Waals surface area (Å²) in [5, 5.41) is 4.13. The molecule has 1 saturated heterocycles. The molecule has 0 bridgehead atoms. The Morgan fingerprint density at radius 3 is 2.53 bits per heavy atom. The van der Waals surface area contributed by atoms with Crippen molar-refractivity contribution in [2.75, 3.05) is 38.6 Å². The highest BCUT2D eigenvalue weighted by molar-refractivity contribution is 6.31. The van der Waals surface area contributed by atoms with Crippen molar-refractivity contribution >= 4 is 40.1 Å². The second-order valence-corrected chi connectivity index (χ2v) is 8.46. The number of carbonyl (C=O) groups excluding carboxylic acids is 2. The number of esters is 1. The van der Waals surface area contributed by atoms with Crippen molar-refractivity contribution < 1.29 is 14.3 Å². The molecule has 0 aliphatic carbocycles. The van der Waals surface area contributed by atoms with E-state index >= 15 is 0 Å². The van der Waals surface area contributed by atoms with Crippen LogP contribution in [0, 0.1) is 0 Å². The van der Waals surface area contributed by atoms with Crippen LogP contribution in [0.1, 0.15) is 23.0 Å². The molecule has 0 saturated carbocycles. The third-order valence-electron chi connectivity index (χ3n) is 5.98. The average molecular weight is 455 g/mol. The second-order valence-electron chi connectivity index (χ2n) is 8.02. The molecule has 1 unspecified atom stereocenters. The summed E-state index contributed by atoms with van der Waals surface area (Å²) in [6.07, 6.45) is 0. The van der Waals surface area contributed by atoms with E-state index in [1.54, 1.807) is 18.2 Å². The minimum absolute atomic E-state index is 0.174.